The van der Waals surface area contributed by atoms with Gasteiger partial charge in [0.05, 0.1) is 0 Å². The van der Waals surface area contributed by atoms with Crippen LogP contribution in [0.15, 0.2) is 29.4 Å². The van der Waals surface area contributed by atoms with Crippen LogP contribution in [0.25, 0.3) is 0 Å². The van der Waals surface area contributed by atoms with E-state index in [1.807, 2.05) is 24.3 Å². The first kappa shape index (κ1) is 14.6. The monoisotopic (exact) mass is 263 g/mol. The Balaban J connectivity index is 2.54. The van der Waals surface area contributed by atoms with Crippen LogP contribution in [-0.2, 0) is 0 Å². The fourth-order valence-electron chi connectivity index (χ4n) is 1.53. The highest BCUT2D eigenvalue weighted by atomic mass is 32.1. The molecule has 0 heterocycles. The molecule has 0 aliphatic rings. The van der Waals surface area contributed by atoms with E-state index in [1.54, 1.807) is 0 Å². The number of thiocarbonyl (C=S) groups is 1. The van der Waals surface area contributed by atoms with Crippen LogP contribution in [0.3, 0.4) is 0 Å². The van der Waals surface area contributed by atoms with Crippen molar-refractivity contribution in [2.75, 3.05) is 5.32 Å². The quantitative estimate of drug-likeness (QED) is 0.494. The fourth-order valence-corrected chi connectivity index (χ4v) is 1.70. The number of aryl methyl sites for hydroxylation is 1. The maximum atomic E-state index is 5.19. The van der Waals surface area contributed by atoms with Crippen LogP contribution in [0.4, 0.5) is 5.69 Å². The molecule has 0 radical (unpaired) electrons. The van der Waals surface area contributed by atoms with Gasteiger partial charge in [-0.15, -0.1) is 0 Å². The summed E-state index contributed by atoms with van der Waals surface area (Å²) in [5.41, 5.74) is 6.20. The van der Waals surface area contributed by atoms with E-state index in [9.17, 15) is 0 Å². The molecule has 4 heteroatoms. The number of benzene rings is 1. The van der Waals surface area contributed by atoms with Crippen LogP contribution in [0.5, 0.6) is 0 Å². The molecule has 0 aliphatic heterocycles. The predicted molar refractivity (Wildman–Crippen MR) is 83.1 cm³/mol. The second kappa shape index (κ2) is 7.11. The van der Waals surface area contributed by atoms with E-state index in [0.717, 1.165) is 17.8 Å². The molecule has 0 saturated heterocycles. The minimum atomic E-state index is 0.435. The number of hydrogen-bond donors (Lipinski definition) is 2. The number of nitrogens with one attached hydrogen (secondary N) is 2. The maximum Gasteiger partial charge on any atom is 0.191 e. The molecule has 2 N–H and O–H groups in total. The lowest BCUT2D eigenvalue weighted by Crippen LogP contribution is -2.26. The summed E-state index contributed by atoms with van der Waals surface area (Å²) in [5, 5.41) is 7.94. The molecule has 0 aromatic heterocycles. The third-order valence-corrected chi connectivity index (χ3v) is 2.83. The van der Waals surface area contributed by atoms with Crippen molar-refractivity contribution in [3.05, 3.63) is 29.8 Å². The number of hydrazone groups is 1. The molecule has 0 aliphatic carbocycles. The first-order valence-corrected chi connectivity index (χ1v) is 6.63. The molecule has 0 unspecified atom stereocenters. The zero-order chi connectivity index (χ0) is 13.5. The molecule has 1 aromatic carbocycles. The van der Waals surface area contributed by atoms with Crippen molar-refractivity contribution in [1.29, 1.82) is 0 Å². The fraction of sp³-hybridized carbons (Fsp3) is 0.429. The van der Waals surface area contributed by atoms with Crippen LogP contribution < -0.4 is 10.7 Å². The van der Waals surface area contributed by atoms with Gasteiger partial charge in [0, 0.05) is 11.4 Å². The van der Waals surface area contributed by atoms with E-state index in [0.29, 0.717) is 11.0 Å². The third kappa shape index (κ3) is 4.84. The third-order valence-electron chi connectivity index (χ3n) is 2.64. The SMILES string of the molecule is CC/C(=N/NC(=S)Nc1ccc(C)cc1)C(C)C. The number of nitrogens with zero attached hydrogens (tertiary/aromatic N) is 1. The summed E-state index contributed by atoms with van der Waals surface area (Å²) in [7, 11) is 0. The van der Waals surface area contributed by atoms with Gasteiger partial charge in [-0.2, -0.15) is 5.10 Å². The van der Waals surface area contributed by atoms with Crippen LogP contribution in [0.2, 0.25) is 0 Å². The summed E-state index contributed by atoms with van der Waals surface area (Å²) in [6, 6.07) is 8.08. The van der Waals surface area contributed by atoms with Crippen molar-refractivity contribution >= 4 is 28.7 Å². The molecule has 0 fully saturated rings. The molecule has 1 rings (SSSR count). The van der Waals surface area contributed by atoms with Crippen LogP contribution in [0.1, 0.15) is 32.8 Å². The Hall–Kier alpha value is -1.42. The van der Waals surface area contributed by atoms with Crippen LogP contribution in [-0.4, -0.2) is 10.8 Å². The van der Waals surface area contributed by atoms with E-state index in [-0.39, 0.29) is 0 Å². The van der Waals surface area contributed by atoms with Crippen molar-refractivity contribution < 1.29 is 0 Å². The summed E-state index contributed by atoms with van der Waals surface area (Å²) in [5.74, 6) is 0.435. The van der Waals surface area contributed by atoms with Gasteiger partial charge < -0.3 is 5.32 Å². The Bertz CT molecular complexity index is 421. The van der Waals surface area contributed by atoms with E-state index < -0.39 is 0 Å². The zero-order valence-electron chi connectivity index (χ0n) is 11.4. The minimum Gasteiger partial charge on any atom is -0.331 e. The van der Waals surface area contributed by atoms with Gasteiger partial charge in [0.2, 0.25) is 0 Å². The molecule has 18 heavy (non-hydrogen) atoms. The van der Waals surface area contributed by atoms with Gasteiger partial charge in [-0.25, -0.2) is 0 Å². The van der Waals surface area contributed by atoms with E-state index in [4.69, 9.17) is 12.2 Å². The second-order valence-electron chi connectivity index (χ2n) is 4.54. The molecule has 0 spiro atoms. The van der Waals surface area contributed by atoms with Gasteiger partial charge in [-0.1, -0.05) is 38.5 Å². The Morgan fingerprint density at radius 2 is 1.89 bits per heavy atom. The lowest BCUT2D eigenvalue weighted by atomic mass is 10.1. The van der Waals surface area contributed by atoms with Gasteiger partial charge >= 0.3 is 0 Å². The topological polar surface area (TPSA) is 36.4 Å². The van der Waals surface area contributed by atoms with Gasteiger partial charge in [0.25, 0.3) is 0 Å². The van der Waals surface area contributed by atoms with Crippen molar-refractivity contribution in [2.24, 2.45) is 11.0 Å². The van der Waals surface area contributed by atoms with Crippen molar-refractivity contribution in [2.45, 2.75) is 34.1 Å². The van der Waals surface area contributed by atoms with Gasteiger partial charge in [-0.05, 0) is 43.6 Å². The Kier molecular flexibility index (Phi) is 5.78. The largest absolute Gasteiger partial charge is 0.331 e. The molecule has 0 atom stereocenters. The minimum absolute atomic E-state index is 0.435. The van der Waals surface area contributed by atoms with Crippen molar-refractivity contribution in [3.8, 4) is 0 Å². The van der Waals surface area contributed by atoms with Gasteiger partial charge in [0.1, 0.15) is 0 Å². The molecule has 0 amide bonds. The summed E-state index contributed by atoms with van der Waals surface area (Å²) in [6.07, 6.45) is 0.928. The highest BCUT2D eigenvalue weighted by Crippen LogP contribution is 2.08. The Labute approximate surface area is 115 Å². The van der Waals surface area contributed by atoms with Gasteiger partial charge in [-0.3, -0.25) is 5.43 Å². The van der Waals surface area contributed by atoms with Crippen LogP contribution in [0, 0.1) is 12.8 Å². The van der Waals surface area contributed by atoms with Gasteiger partial charge in [0.15, 0.2) is 5.11 Å². The molecule has 0 bridgehead atoms. The average Bonchev–Trinajstić information content (AvgIpc) is 2.32. The highest BCUT2D eigenvalue weighted by Gasteiger charge is 2.02. The first-order valence-electron chi connectivity index (χ1n) is 6.23. The maximum absolute atomic E-state index is 5.19. The second-order valence-corrected chi connectivity index (χ2v) is 4.95. The predicted octanol–water partition coefficient (Wildman–Crippen LogP) is 3.70. The van der Waals surface area contributed by atoms with E-state index in [1.165, 1.54) is 5.56 Å². The molecular formula is C14H21N3S. The van der Waals surface area contributed by atoms with E-state index in [2.05, 4.69) is 43.5 Å². The molecule has 1 aromatic rings. The van der Waals surface area contributed by atoms with E-state index >= 15 is 0 Å². The van der Waals surface area contributed by atoms with Crippen LogP contribution >= 0.6 is 12.2 Å². The summed E-state index contributed by atoms with van der Waals surface area (Å²) in [6.45, 7) is 8.40. The standard InChI is InChI=1S/C14H21N3S/c1-5-13(10(2)3)16-17-14(18)15-12-8-6-11(4)7-9-12/h6-10H,5H2,1-4H3,(H2,15,17,18)/b16-13-. The molecule has 98 valence electrons. The normalized spacial score (nSPS) is 11.5. The number of anilines is 1. The molecular weight excluding hydrogens is 242 g/mol. The van der Waals surface area contributed by atoms with Crippen molar-refractivity contribution in [3.63, 3.8) is 0 Å². The number of hydrogen-bond acceptors (Lipinski definition) is 2. The first-order chi connectivity index (χ1) is 8.52. The molecule has 3 nitrogen and oxygen atoms in total. The summed E-state index contributed by atoms with van der Waals surface area (Å²) in [4.78, 5) is 0. The molecule has 0 saturated carbocycles. The van der Waals surface area contributed by atoms with Crippen molar-refractivity contribution in [1.82, 2.24) is 5.43 Å². The zero-order valence-corrected chi connectivity index (χ0v) is 12.3. The lowest BCUT2D eigenvalue weighted by molar-refractivity contribution is 0.833. The summed E-state index contributed by atoms with van der Waals surface area (Å²) >= 11 is 5.19. The smallest absolute Gasteiger partial charge is 0.191 e. The Morgan fingerprint density at radius 1 is 1.28 bits per heavy atom. The Morgan fingerprint density at radius 3 is 2.39 bits per heavy atom. The summed E-state index contributed by atoms with van der Waals surface area (Å²) < 4.78 is 0. The number of rotatable bonds is 4. The lowest BCUT2D eigenvalue weighted by Gasteiger charge is -2.10. The highest BCUT2D eigenvalue weighted by molar-refractivity contribution is 7.80. The average molecular weight is 263 g/mol.